The molecule has 1 heterocycles. The van der Waals surface area contributed by atoms with E-state index in [-0.39, 0.29) is 5.91 Å². The highest BCUT2D eigenvalue weighted by molar-refractivity contribution is 5.91. The van der Waals surface area contributed by atoms with E-state index in [1.54, 1.807) is 6.08 Å². The topological polar surface area (TPSA) is 35.6 Å². The molecule has 1 saturated heterocycles. The number of anilines is 1. The largest absolute Gasteiger partial charge is 0.369 e. The maximum Gasteiger partial charge on any atom is 0.244 e. The van der Waals surface area contributed by atoms with Gasteiger partial charge < -0.3 is 15.1 Å². The van der Waals surface area contributed by atoms with Crippen molar-refractivity contribution in [1.29, 1.82) is 0 Å². The van der Waals surface area contributed by atoms with E-state index in [4.69, 9.17) is 0 Å². The van der Waals surface area contributed by atoms with Gasteiger partial charge in [0.25, 0.3) is 0 Å². The number of para-hydroxylation sites is 1. The molecule has 0 spiro atoms. The van der Waals surface area contributed by atoms with Crippen LogP contribution < -0.4 is 10.2 Å². The summed E-state index contributed by atoms with van der Waals surface area (Å²) in [6.07, 6.45) is 3.45. The molecule has 0 saturated carbocycles. The maximum absolute atomic E-state index is 12.2. The molecule has 3 rings (SSSR count). The quantitative estimate of drug-likeness (QED) is 0.843. The molecule has 1 aliphatic rings. The zero-order chi connectivity index (χ0) is 18.4. The zero-order valence-electron chi connectivity index (χ0n) is 15.6. The Hall–Kier alpha value is -2.59. The summed E-state index contributed by atoms with van der Waals surface area (Å²) in [4.78, 5) is 16.9. The predicted octanol–water partition coefficient (Wildman–Crippen LogP) is 3.08. The Bertz CT molecular complexity index is 759. The first-order chi connectivity index (χ1) is 12.6. The van der Waals surface area contributed by atoms with E-state index in [0.29, 0.717) is 6.54 Å². The first kappa shape index (κ1) is 18.2. The van der Waals surface area contributed by atoms with E-state index >= 15 is 0 Å². The zero-order valence-corrected chi connectivity index (χ0v) is 15.6. The van der Waals surface area contributed by atoms with E-state index in [9.17, 15) is 4.79 Å². The van der Waals surface area contributed by atoms with E-state index < -0.39 is 0 Å². The lowest BCUT2D eigenvalue weighted by atomic mass is 10.1. The lowest BCUT2D eigenvalue weighted by Crippen LogP contribution is -2.45. The van der Waals surface area contributed by atoms with Crippen molar-refractivity contribution in [3.05, 3.63) is 71.3 Å². The highest BCUT2D eigenvalue weighted by atomic mass is 16.1. The van der Waals surface area contributed by atoms with Crippen LogP contribution in [0, 0.1) is 6.92 Å². The maximum atomic E-state index is 12.2. The van der Waals surface area contributed by atoms with Crippen LogP contribution in [0.3, 0.4) is 0 Å². The minimum absolute atomic E-state index is 0.0706. The number of piperazine rings is 1. The standard InChI is InChI=1S/C22H27N3O/c1-18-7-9-19(10-8-18)11-12-22(26)23-17-20-5-3-4-6-21(20)25-15-13-24(2)14-16-25/h3-12H,13-17H2,1-2H3,(H,23,26)/b12-11+. The van der Waals surface area contributed by atoms with Crippen molar-refractivity contribution in [3.63, 3.8) is 0 Å². The molecule has 1 amide bonds. The number of amides is 1. The molecule has 26 heavy (non-hydrogen) atoms. The fraction of sp³-hybridized carbons (Fsp3) is 0.318. The number of aryl methyl sites for hydroxylation is 1. The van der Waals surface area contributed by atoms with E-state index in [0.717, 1.165) is 37.3 Å². The average molecular weight is 349 g/mol. The van der Waals surface area contributed by atoms with Gasteiger partial charge in [0.15, 0.2) is 0 Å². The molecule has 0 aromatic heterocycles. The SMILES string of the molecule is Cc1ccc(/C=C/C(=O)NCc2ccccc2N2CCN(C)CC2)cc1. The van der Waals surface area contributed by atoms with Crippen molar-refractivity contribution in [3.8, 4) is 0 Å². The third-order valence-electron chi connectivity index (χ3n) is 4.79. The molecule has 136 valence electrons. The second-order valence-corrected chi connectivity index (χ2v) is 6.88. The third kappa shape index (κ3) is 4.96. The van der Waals surface area contributed by atoms with Crippen molar-refractivity contribution < 1.29 is 4.79 Å². The number of carbonyl (C=O) groups excluding carboxylic acids is 1. The molecule has 1 N–H and O–H groups in total. The number of rotatable bonds is 5. The van der Waals surface area contributed by atoms with Crippen molar-refractivity contribution in [1.82, 2.24) is 10.2 Å². The van der Waals surface area contributed by atoms with E-state index in [1.807, 2.05) is 36.4 Å². The molecule has 4 nitrogen and oxygen atoms in total. The summed E-state index contributed by atoms with van der Waals surface area (Å²) in [6.45, 7) is 6.78. The van der Waals surface area contributed by atoms with Gasteiger partial charge >= 0.3 is 0 Å². The molecule has 1 fully saturated rings. The minimum Gasteiger partial charge on any atom is -0.369 e. The van der Waals surface area contributed by atoms with Gasteiger partial charge in [-0.2, -0.15) is 0 Å². The summed E-state index contributed by atoms with van der Waals surface area (Å²) in [5.41, 5.74) is 4.63. The number of hydrogen-bond donors (Lipinski definition) is 1. The molecule has 0 bridgehead atoms. The van der Waals surface area contributed by atoms with E-state index in [1.165, 1.54) is 11.3 Å². The molecule has 4 heteroatoms. The lowest BCUT2D eigenvalue weighted by Gasteiger charge is -2.35. The van der Waals surface area contributed by atoms with Crippen LogP contribution in [0.5, 0.6) is 0 Å². The number of nitrogens with one attached hydrogen (secondary N) is 1. The van der Waals surface area contributed by atoms with Gasteiger partial charge in [0.05, 0.1) is 0 Å². The number of nitrogens with zero attached hydrogens (tertiary/aromatic N) is 2. The van der Waals surface area contributed by atoms with Gasteiger partial charge in [0.1, 0.15) is 0 Å². The van der Waals surface area contributed by atoms with Gasteiger partial charge in [-0.15, -0.1) is 0 Å². The Balaban J connectivity index is 1.59. The molecule has 2 aromatic rings. The predicted molar refractivity (Wildman–Crippen MR) is 108 cm³/mol. The molecule has 0 unspecified atom stereocenters. The molecule has 1 aliphatic heterocycles. The van der Waals surface area contributed by atoms with Gasteiger partial charge in [-0.1, -0.05) is 48.0 Å². The average Bonchev–Trinajstić information content (AvgIpc) is 2.67. The van der Waals surface area contributed by atoms with Gasteiger partial charge in [0.2, 0.25) is 5.91 Å². The summed E-state index contributed by atoms with van der Waals surface area (Å²) >= 11 is 0. The van der Waals surface area contributed by atoms with Crippen molar-refractivity contribution in [2.24, 2.45) is 0 Å². The molecule has 0 radical (unpaired) electrons. The van der Waals surface area contributed by atoms with Gasteiger partial charge in [0, 0.05) is 44.5 Å². The van der Waals surface area contributed by atoms with Crippen LogP contribution in [0.1, 0.15) is 16.7 Å². The Kier molecular flexibility index (Phi) is 6.08. The number of hydrogen-bond acceptors (Lipinski definition) is 3. The molecular weight excluding hydrogens is 322 g/mol. The van der Waals surface area contributed by atoms with Crippen LogP contribution in [-0.4, -0.2) is 44.0 Å². The van der Waals surface area contributed by atoms with Crippen LogP contribution in [0.2, 0.25) is 0 Å². The number of carbonyl (C=O) groups is 1. The molecular formula is C22H27N3O. The van der Waals surface area contributed by atoms with Gasteiger partial charge in [-0.05, 0) is 37.2 Å². The minimum atomic E-state index is -0.0706. The van der Waals surface area contributed by atoms with E-state index in [2.05, 4.69) is 47.3 Å². The second kappa shape index (κ2) is 8.68. The number of benzene rings is 2. The van der Waals surface area contributed by atoms with Crippen LogP contribution in [-0.2, 0) is 11.3 Å². The Morgan fingerprint density at radius 3 is 2.46 bits per heavy atom. The Morgan fingerprint density at radius 2 is 1.73 bits per heavy atom. The first-order valence-corrected chi connectivity index (χ1v) is 9.16. The lowest BCUT2D eigenvalue weighted by molar-refractivity contribution is -0.116. The molecule has 0 aliphatic carbocycles. The first-order valence-electron chi connectivity index (χ1n) is 9.16. The van der Waals surface area contributed by atoms with Gasteiger partial charge in [-0.3, -0.25) is 4.79 Å². The summed E-state index contributed by atoms with van der Waals surface area (Å²) in [7, 11) is 2.16. The number of likely N-dealkylation sites (N-methyl/N-ethyl adjacent to an activating group) is 1. The summed E-state index contributed by atoms with van der Waals surface area (Å²) < 4.78 is 0. The van der Waals surface area contributed by atoms with Crippen molar-refractivity contribution in [2.75, 3.05) is 38.1 Å². The normalized spacial score (nSPS) is 15.4. The summed E-state index contributed by atoms with van der Waals surface area (Å²) in [5, 5.41) is 3.01. The van der Waals surface area contributed by atoms with Crippen LogP contribution in [0.25, 0.3) is 6.08 Å². The second-order valence-electron chi connectivity index (χ2n) is 6.88. The van der Waals surface area contributed by atoms with Crippen LogP contribution in [0.15, 0.2) is 54.6 Å². The van der Waals surface area contributed by atoms with Crippen LogP contribution >= 0.6 is 0 Å². The van der Waals surface area contributed by atoms with Crippen molar-refractivity contribution in [2.45, 2.75) is 13.5 Å². The fourth-order valence-corrected chi connectivity index (χ4v) is 3.11. The molecule has 2 aromatic carbocycles. The monoisotopic (exact) mass is 349 g/mol. The highest BCUT2D eigenvalue weighted by Gasteiger charge is 2.16. The summed E-state index contributed by atoms with van der Waals surface area (Å²) in [6, 6.07) is 16.5. The third-order valence-corrected chi connectivity index (χ3v) is 4.79. The fourth-order valence-electron chi connectivity index (χ4n) is 3.11. The Morgan fingerprint density at radius 1 is 1.04 bits per heavy atom. The molecule has 0 atom stereocenters. The highest BCUT2D eigenvalue weighted by Crippen LogP contribution is 2.21. The van der Waals surface area contributed by atoms with Gasteiger partial charge in [-0.25, -0.2) is 0 Å². The van der Waals surface area contributed by atoms with Crippen LogP contribution in [0.4, 0.5) is 5.69 Å². The summed E-state index contributed by atoms with van der Waals surface area (Å²) in [5.74, 6) is -0.0706. The Labute approximate surface area is 156 Å². The smallest absolute Gasteiger partial charge is 0.244 e. The van der Waals surface area contributed by atoms with Crippen molar-refractivity contribution >= 4 is 17.7 Å².